The first-order valence-electron chi connectivity index (χ1n) is 7.96. The molecule has 2 nitrogen and oxygen atoms in total. The molecule has 0 saturated carbocycles. The Balaban J connectivity index is 1.55. The minimum Gasteiger partial charge on any atom is -0.459 e. The van der Waals surface area contributed by atoms with Gasteiger partial charge in [-0.3, -0.25) is 0 Å². The highest BCUT2D eigenvalue weighted by Crippen LogP contribution is 2.32. The third-order valence-electron chi connectivity index (χ3n) is 4.10. The first-order chi connectivity index (χ1) is 12.2. The van der Waals surface area contributed by atoms with E-state index in [4.69, 9.17) is 27.6 Å². The number of benzene rings is 3. The topological polar surface area (TPSA) is 25.2 Å². The summed E-state index contributed by atoms with van der Waals surface area (Å²) in [5.41, 5.74) is 1.92. The molecule has 0 spiro atoms. The molecular formula is C21H15Cl2NO. The summed E-state index contributed by atoms with van der Waals surface area (Å²) in [5, 5.41) is 7.03. The van der Waals surface area contributed by atoms with Crippen LogP contribution in [0.1, 0.15) is 5.76 Å². The number of halogens is 2. The molecule has 0 atom stereocenters. The van der Waals surface area contributed by atoms with Crippen LogP contribution in [0.4, 0.5) is 5.69 Å². The van der Waals surface area contributed by atoms with Gasteiger partial charge in [-0.25, -0.2) is 0 Å². The predicted octanol–water partition coefficient (Wildman–Crippen LogP) is 7.02. The van der Waals surface area contributed by atoms with Crippen LogP contribution in [0, 0.1) is 0 Å². The van der Waals surface area contributed by atoms with E-state index < -0.39 is 0 Å². The first kappa shape index (κ1) is 16.1. The van der Waals surface area contributed by atoms with Crippen LogP contribution in [0.25, 0.3) is 22.1 Å². The summed E-state index contributed by atoms with van der Waals surface area (Å²) in [6.07, 6.45) is 0. The molecule has 4 heteroatoms. The van der Waals surface area contributed by atoms with E-state index in [1.54, 1.807) is 12.1 Å². The van der Waals surface area contributed by atoms with Crippen LogP contribution in [0.5, 0.6) is 0 Å². The number of anilines is 1. The van der Waals surface area contributed by atoms with Gasteiger partial charge in [0.15, 0.2) is 0 Å². The van der Waals surface area contributed by atoms with E-state index in [9.17, 15) is 0 Å². The van der Waals surface area contributed by atoms with E-state index in [1.165, 1.54) is 10.8 Å². The standard InChI is InChI=1S/C21H15Cl2NO/c22-15-8-10-18(19(23)12-15)21-11-9-16(25-21)13-24-20-7-3-5-14-4-1-2-6-17(14)20/h1-12,24H,13H2. The van der Waals surface area contributed by atoms with Gasteiger partial charge in [0.2, 0.25) is 0 Å². The zero-order chi connectivity index (χ0) is 17.2. The normalized spacial score (nSPS) is 11.0. The van der Waals surface area contributed by atoms with Crippen LogP contribution >= 0.6 is 23.2 Å². The molecule has 0 unspecified atom stereocenters. The van der Waals surface area contributed by atoms with E-state index in [0.29, 0.717) is 16.6 Å². The number of nitrogens with one attached hydrogen (secondary N) is 1. The molecule has 0 aliphatic heterocycles. The highest BCUT2D eigenvalue weighted by Gasteiger charge is 2.09. The van der Waals surface area contributed by atoms with Crippen molar-refractivity contribution in [3.8, 4) is 11.3 Å². The highest BCUT2D eigenvalue weighted by atomic mass is 35.5. The average Bonchev–Trinajstić information content (AvgIpc) is 3.08. The van der Waals surface area contributed by atoms with E-state index in [-0.39, 0.29) is 0 Å². The van der Waals surface area contributed by atoms with Gasteiger partial charge in [-0.2, -0.15) is 0 Å². The van der Waals surface area contributed by atoms with Gasteiger partial charge in [0.25, 0.3) is 0 Å². The Bertz CT molecular complexity index is 1030. The van der Waals surface area contributed by atoms with Crippen molar-refractivity contribution >= 4 is 39.7 Å². The minimum atomic E-state index is 0.579. The Morgan fingerprint density at radius 1 is 0.840 bits per heavy atom. The molecule has 124 valence electrons. The van der Waals surface area contributed by atoms with E-state index in [0.717, 1.165) is 22.8 Å². The zero-order valence-electron chi connectivity index (χ0n) is 13.3. The summed E-state index contributed by atoms with van der Waals surface area (Å²) in [4.78, 5) is 0. The first-order valence-corrected chi connectivity index (χ1v) is 8.72. The maximum atomic E-state index is 6.25. The maximum absolute atomic E-state index is 6.25. The summed E-state index contributed by atoms with van der Waals surface area (Å²) >= 11 is 12.2. The monoisotopic (exact) mass is 367 g/mol. The summed E-state index contributed by atoms with van der Waals surface area (Å²) < 4.78 is 5.93. The van der Waals surface area contributed by atoms with E-state index in [2.05, 4.69) is 29.6 Å². The molecule has 0 aliphatic carbocycles. The highest BCUT2D eigenvalue weighted by molar-refractivity contribution is 6.36. The lowest BCUT2D eigenvalue weighted by atomic mass is 10.1. The van der Waals surface area contributed by atoms with Crippen molar-refractivity contribution in [2.24, 2.45) is 0 Å². The molecule has 1 heterocycles. The Hall–Kier alpha value is -2.42. The summed E-state index contributed by atoms with van der Waals surface area (Å²) in [6, 6.07) is 23.8. The molecule has 0 radical (unpaired) electrons. The molecule has 4 rings (SSSR count). The molecule has 1 aromatic heterocycles. The van der Waals surface area contributed by atoms with Crippen LogP contribution in [-0.2, 0) is 6.54 Å². The molecule has 0 saturated heterocycles. The second kappa shape index (κ2) is 6.83. The fourth-order valence-corrected chi connectivity index (χ4v) is 3.37. The largest absolute Gasteiger partial charge is 0.459 e. The Morgan fingerprint density at radius 2 is 1.68 bits per heavy atom. The molecule has 0 aliphatic rings. The second-order valence-corrected chi connectivity index (χ2v) is 6.61. The summed E-state index contributed by atoms with van der Waals surface area (Å²) in [6.45, 7) is 0.596. The third kappa shape index (κ3) is 3.37. The lowest BCUT2D eigenvalue weighted by Gasteiger charge is -2.08. The minimum absolute atomic E-state index is 0.579. The summed E-state index contributed by atoms with van der Waals surface area (Å²) in [7, 11) is 0. The van der Waals surface area contributed by atoms with Crippen molar-refractivity contribution in [1.82, 2.24) is 0 Å². The molecule has 0 fully saturated rings. The van der Waals surface area contributed by atoms with Gasteiger partial charge < -0.3 is 9.73 Å². The lowest BCUT2D eigenvalue weighted by molar-refractivity contribution is 0.531. The molecule has 3 aromatic carbocycles. The van der Waals surface area contributed by atoms with Gasteiger partial charge in [-0.15, -0.1) is 0 Å². The fourth-order valence-electron chi connectivity index (χ4n) is 2.87. The quantitative estimate of drug-likeness (QED) is 0.419. The molecule has 1 N–H and O–H groups in total. The van der Waals surface area contributed by atoms with Crippen molar-refractivity contribution in [3.05, 3.63) is 88.6 Å². The van der Waals surface area contributed by atoms with Crippen molar-refractivity contribution in [2.45, 2.75) is 6.54 Å². The Labute approximate surface area is 156 Å². The van der Waals surface area contributed by atoms with Crippen molar-refractivity contribution in [3.63, 3.8) is 0 Å². The van der Waals surface area contributed by atoms with Gasteiger partial charge in [-0.05, 0) is 41.8 Å². The van der Waals surface area contributed by atoms with Crippen LogP contribution in [0.3, 0.4) is 0 Å². The van der Waals surface area contributed by atoms with Crippen molar-refractivity contribution in [1.29, 1.82) is 0 Å². The summed E-state index contributed by atoms with van der Waals surface area (Å²) in [5.74, 6) is 1.57. The predicted molar refractivity (Wildman–Crippen MR) is 105 cm³/mol. The molecule has 4 aromatic rings. The molecule has 25 heavy (non-hydrogen) atoms. The number of furan rings is 1. The average molecular weight is 368 g/mol. The van der Waals surface area contributed by atoms with Crippen molar-refractivity contribution < 1.29 is 4.42 Å². The van der Waals surface area contributed by atoms with E-state index >= 15 is 0 Å². The van der Waals surface area contributed by atoms with Gasteiger partial charge in [0.05, 0.1) is 11.6 Å². The van der Waals surface area contributed by atoms with Gasteiger partial charge in [-0.1, -0.05) is 59.6 Å². The molecule has 0 amide bonds. The van der Waals surface area contributed by atoms with Crippen molar-refractivity contribution in [2.75, 3.05) is 5.32 Å². The number of hydrogen-bond acceptors (Lipinski definition) is 2. The fraction of sp³-hybridized carbons (Fsp3) is 0.0476. The van der Waals surface area contributed by atoms with Crippen LogP contribution in [0.15, 0.2) is 77.2 Å². The Kier molecular flexibility index (Phi) is 4.39. The Morgan fingerprint density at radius 3 is 2.56 bits per heavy atom. The molecular weight excluding hydrogens is 353 g/mol. The smallest absolute Gasteiger partial charge is 0.135 e. The van der Waals surface area contributed by atoms with Gasteiger partial charge in [0, 0.05) is 21.7 Å². The van der Waals surface area contributed by atoms with Crippen LogP contribution in [-0.4, -0.2) is 0 Å². The zero-order valence-corrected chi connectivity index (χ0v) is 14.8. The van der Waals surface area contributed by atoms with Gasteiger partial charge >= 0.3 is 0 Å². The van der Waals surface area contributed by atoms with E-state index in [1.807, 2.05) is 36.4 Å². The second-order valence-electron chi connectivity index (χ2n) is 5.77. The number of hydrogen-bond donors (Lipinski definition) is 1. The third-order valence-corrected chi connectivity index (χ3v) is 4.65. The molecule has 0 bridgehead atoms. The maximum Gasteiger partial charge on any atom is 0.135 e. The number of rotatable bonds is 4. The number of fused-ring (bicyclic) bond motifs is 1. The lowest BCUT2D eigenvalue weighted by Crippen LogP contribution is -1.98. The van der Waals surface area contributed by atoms with Crippen LogP contribution in [0.2, 0.25) is 10.0 Å². The van der Waals surface area contributed by atoms with Crippen LogP contribution < -0.4 is 5.32 Å². The SMILES string of the molecule is Clc1ccc(-c2ccc(CNc3cccc4ccccc34)o2)c(Cl)c1. The van der Waals surface area contributed by atoms with Gasteiger partial charge in [0.1, 0.15) is 11.5 Å².